The first-order chi connectivity index (χ1) is 13.6. The third-order valence-corrected chi connectivity index (χ3v) is 5.11. The van der Waals surface area contributed by atoms with Gasteiger partial charge in [0.05, 0.1) is 18.1 Å². The molecule has 0 unspecified atom stereocenters. The molecule has 3 N–H and O–H groups in total. The number of primary amides is 1. The number of nitrogens with two attached hydrogens (primary N) is 1. The van der Waals surface area contributed by atoms with Gasteiger partial charge in [0.15, 0.2) is 0 Å². The normalized spacial score (nSPS) is 10.8. The van der Waals surface area contributed by atoms with Crippen LogP contribution in [0.4, 0.5) is 4.79 Å². The van der Waals surface area contributed by atoms with E-state index in [1.807, 2.05) is 36.4 Å². The molecule has 0 saturated heterocycles. The Balaban J connectivity index is 1.53. The van der Waals surface area contributed by atoms with Crippen LogP contribution in [0, 0.1) is 0 Å². The highest BCUT2D eigenvalue weighted by molar-refractivity contribution is 7.99. The number of aromatic amines is 1. The number of imidazole rings is 1. The van der Waals surface area contributed by atoms with Gasteiger partial charge in [-0.25, -0.2) is 9.78 Å². The van der Waals surface area contributed by atoms with Crippen molar-refractivity contribution in [2.45, 2.75) is 9.79 Å². The van der Waals surface area contributed by atoms with E-state index < -0.39 is 6.09 Å². The van der Waals surface area contributed by atoms with Crippen LogP contribution in [0.5, 0.6) is 11.5 Å². The fourth-order valence-corrected chi connectivity index (χ4v) is 3.58. The summed E-state index contributed by atoms with van der Waals surface area (Å²) in [6.07, 6.45) is -0.847. The highest BCUT2D eigenvalue weighted by Crippen LogP contribution is 2.31. The molecule has 0 aliphatic carbocycles. The number of nitrogens with one attached hydrogen (secondary N) is 1. The summed E-state index contributed by atoms with van der Waals surface area (Å²) in [6, 6.07) is 21.2. The standard InChI is InChI=1S/C21H17N3O3S/c1-26-14-4-9-17(10-5-14)28-16-7-2-13(3-8-16)20-23-18-11-6-15(27-21(22)25)12-19(18)24-20/h2-12H,1H3,(H2,22,25)(H,23,24). The molecular formula is C21H17N3O3S. The molecule has 0 saturated carbocycles. The smallest absolute Gasteiger partial charge is 0.409 e. The quantitative estimate of drug-likeness (QED) is 0.508. The number of carbonyl (C=O) groups excluding carboxylic acids is 1. The number of ether oxygens (including phenoxy) is 2. The van der Waals surface area contributed by atoms with E-state index in [0.29, 0.717) is 11.3 Å². The number of hydrogen-bond donors (Lipinski definition) is 2. The molecular weight excluding hydrogens is 374 g/mol. The number of aromatic nitrogens is 2. The van der Waals surface area contributed by atoms with E-state index in [1.165, 1.54) is 0 Å². The molecule has 0 radical (unpaired) electrons. The molecule has 0 aliphatic heterocycles. The molecule has 1 amide bonds. The second-order valence-electron chi connectivity index (χ2n) is 5.99. The summed E-state index contributed by atoms with van der Waals surface area (Å²) in [6.45, 7) is 0. The van der Waals surface area contributed by atoms with E-state index in [0.717, 1.165) is 32.4 Å². The van der Waals surface area contributed by atoms with E-state index in [-0.39, 0.29) is 0 Å². The molecule has 0 atom stereocenters. The van der Waals surface area contributed by atoms with Crippen molar-refractivity contribution >= 4 is 28.9 Å². The zero-order valence-corrected chi connectivity index (χ0v) is 15.8. The minimum Gasteiger partial charge on any atom is -0.497 e. The van der Waals surface area contributed by atoms with Crippen LogP contribution in [0.3, 0.4) is 0 Å². The van der Waals surface area contributed by atoms with E-state index >= 15 is 0 Å². The summed E-state index contributed by atoms with van der Waals surface area (Å²) in [7, 11) is 1.66. The van der Waals surface area contributed by atoms with Crippen LogP contribution in [0.25, 0.3) is 22.4 Å². The van der Waals surface area contributed by atoms with Crippen LogP contribution in [-0.2, 0) is 0 Å². The Morgan fingerprint density at radius 1 is 0.964 bits per heavy atom. The van der Waals surface area contributed by atoms with Gasteiger partial charge in [0, 0.05) is 21.4 Å². The van der Waals surface area contributed by atoms with Crippen molar-refractivity contribution < 1.29 is 14.3 Å². The number of methoxy groups -OCH3 is 1. The number of fused-ring (bicyclic) bond motifs is 1. The van der Waals surface area contributed by atoms with Crippen molar-refractivity contribution in [1.29, 1.82) is 0 Å². The monoisotopic (exact) mass is 391 g/mol. The van der Waals surface area contributed by atoms with Gasteiger partial charge >= 0.3 is 6.09 Å². The Bertz CT molecular complexity index is 1120. The molecule has 0 spiro atoms. The Kier molecular flexibility index (Phi) is 4.90. The fourth-order valence-electron chi connectivity index (χ4n) is 2.76. The minimum atomic E-state index is -0.847. The zero-order valence-electron chi connectivity index (χ0n) is 15.0. The number of nitrogens with zero attached hydrogens (tertiary/aromatic N) is 1. The Morgan fingerprint density at radius 2 is 1.61 bits per heavy atom. The summed E-state index contributed by atoms with van der Waals surface area (Å²) in [4.78, 5) is 21.0. The van der Waals surface area contributed by atoms with Gasteiger partial charge in [-0.2, -0.15) is 0 Å². The lowest BCUT2D eigenvalue weighted by Crippen LogP contribution is -2.16. The van der Waals surface area contributed by atoms with Crippen molar-refractivity contribution in [2.75, 3.05) is 7.11 Å². The predicted molar refractivity (Wildman–Crippen MR) is 109 cm³/mol. The Hall–Kier alpha value is -3.45. The van der Waals surface area contributed by atoms with Gasteiger partial charge in [-0.05, 0) is 48.5 Å². The van der Waals surface area contributed by atoms with Gasteiger partial charge in [-0.1, -0.05) is 23.9 Å². The van der Waals surface area contributed by atoms with Crippen molar-refractivity contribution in [2.24, 2.45) is 5.73 Å². The average molecular weight is 391 g/mol. The number of carbonyl (C=O) groups is 1. The van der Waals surface area contributed by atoms with Gasteiger partial charge in [0.1, 0.15) is 17.3 Å². The van der Waals surface area contributed by atoms with Gasteiger partial charge in [0.25, 0.3) is 0 Å². The lowest BCUT2D eigenvalue weighted by atomic mass is 10.2. The first-order valence-electron chi connectivity index (χ1n) is 8.50. The lowest BCUT2D eigenvalue weighted by Gasteiger charge is -2.04. The largest absolute Gasteiger partial charge is 0.497 e. The minimum absolute atomic E-state index is 0.365. The molecule has 4 aromatic rings. The van der Waals surface area contributed by atoms with E-state index in [4.69, 9.17) is 15.2 Å². The summed E-state index contributed by atoms with van der Waals surface area (Å²) < 4.78 is 10.1. The van der Waals surface area contributed by atoms with E-state index in [9.17, 15) is 4.79 Å². The number of rotatable bonds is 5. The Labute approximate surface area is 165 Å². The molecule has 140 valence electrons. The maximum atomic E-state index is 10.9. The van der Waals surface area contributed by atoms with Crippen LogP contribution >= 0.6 is 11.8 Å². The van der Waals surface area contributed by atoms with Crippen LogP contribution in [-0.4, -0.2) is 23.2 Å². The first kappa shape index (κ1) is 17.9. The summed E-state index contributed by atoms with van der Waals surface area (Å²) in [5, 5.41) is 0. The summed E-state index contributed by atoms with van der Waals surface area (Å²) in [5.41, 5.74) is 7.57. The number of benzene rings is 3. The Morgan fingerprint density at radius 3 is 2.25 bits per heavy atom. The number of hydrogen-bond acceptors (Lipinski definition) is 5. The molecule has 0 fully saturated rings. The second-order valence-corrected chi connectivity index (χ2v) is 7.13. The molecule has 6 nitrogen and oxygen atoms in total. The molecule has 1 aromatic heterocycles. The van der Waals surface area contributed by atoms with Crippen LogP contribution in [0.1, 0.15) is 0 Å². The molecule has 28 heavy (non-hydrogen) atoms. The van der Waals surface area contributed by atoms with Gasteiger partial charge < -0.3 is 20.2 Å². The first-order valence-corrected chi connectivity index (χ1v) is 9.32. The average Bonchev–Trinajstić information content (AvgIpc) is 3.12. The van der Waals surface area contributed by atoms with Crippen molar-refractivity contribution in [3.8, 4) is 22.9 Å². The van der Waals surface area contributed by atoms with Gasteiger partial charge in [-0.15, -0.1) is 0 Å². The molecule has 0 bridgehead atoms. The van der Waals surface area contributed by atoms with Crippen molar-refractivity contribution in [3.05, 3.63) is 66.7 Å². The van der Waals surface area contributed by atoms with Crippen LogP contribution in [0.2, 0.25) is 0 Å². The van der Waals surface area contributed by atoms with Crippen molar-refractivity contribution in [3.63, 3.8) is 0 Å². The SMILES string of the molecule is COc1ccc(Sc2ccc(-c3nc4cc(OC(N)=O)ccc4[nH]3)cc2)cc1. The van der Waals surface area contributed by atoms with E-state index in [2.05, 4.69) is 22.1 Å². The number of H-pyrrole nitrogens is 1. The molecule has 4 rings (SSSR count). The second kappa shape index (κ2) is 7.66. The summed E-state index contributed by atoms with van der Waals surface area (Å²) in [5.74, 6) is 1.95. The van der Waals surface area contributed by atoms with E-state index in [1.54, 1.807) is 37.1 Å². The zero-order chi connectivity index (χ0) is 19.5. The maximum absolute atomic E-state index is 10.9. The highest BCUT2D eigenvalue weighted by atomic mass is 32.2. The lowest BCUT2D eigenvalue weighted by molar-refractivity contribution is 0.211. The van der Waals surface area contributed by atoms with Crippen LogP contribution in [0.15, 0.2) is 76.5 Å². The maximum Gasteiger partial charge on any atom is 0.409 e. The van der Waals surface area contributed by atoms with Crippen molar-refractivity contribution in [1.82, 2.24) is 9.97 Å². The van der Waals surface area contributed by atoms with Gasteiger partial charge in [-0.3, -0.25) is 0 Å². The molecule has 7 heteroatoms. The predicted octanol–water partition coefficient (Wildman–Crippen LogP) is 4.85. The molecule has 1 heterocycles. The third-order valence-electron chi connectivity index (χ3n) is 4.10. The summed E-state index contributed by atoms with van der Waals surface area (Å²) >= 11 is 1.68. The van der Waals surface area contributed by atoms with Gasteiger partial charge in [0.2, 0.25) is 0 Å². The molecule has 0 aliphatic rings. The third kappa shape index (κ3) is 3.94. The number of amides is 1. The fraction of sp³-hybridized carbons (Fsp3) is 0.0476. The topological polar surface area (TPSA) is 90.2 Å². The molecule has 3 aromatic carbocycles. The highest BCUT2D eigenvalue weighted by Gasteiger charge is 2.08. The van der Waals surface area contributed by atoms with Crippen LogP contribution < -0.4 is 15.2 Å².